The molecule has 2 heterocycles. The fourth-order valence-corrected chi connectivity index (χ4v) is 4.07. The van der Waals surface area contributed by atoms with Gasteiger partial charge in [0.25, 0.3) is 0 Å². The van der Waals surface area contributed by atoms with E-state index in [1.807, 2.05) is 7.05 Å². The number of nitrogens with one attached hydrogen (secondary N) is 1. The van der Waals surface area contributed by atoms with E-state index in [2.05, 4.69) is 22.1 Å². The molecule has 0 amide bonds. The van der Waals surface area contributed by atoms with Gasteiger partial charge in [0.2, 0.25) is 0 Å². The van der Waals surface area contributed by atoms with Crippen LogP contribution in [-0.2, 0) is 0 Å². The van der Waals surface area contributed by atoms with Gasteiger partial charge in [0.1, 0.15) is 9.34 Å². The summed E-state index contributed by atoms with van der Waals surface area (Å²) in [4.78, 5) is 7.09. The van der Waals surface area contributed by atoms with Gasteiger partial charge in [0.05, 0.1) is 12.2 Å². The standard InChI is InChI=1S/C13H22ClN3S/c1-3-17-7-5-4-6-10(8-15-2)12(17)13-16-9-11(14)18-13/h9-10,12,15H,3-8H2,1-2H3. The van der Waals surface area contributed by atoms with E-state index in [1.54, 1.807) is 17.5 Å². The summed E-state index contributed by atoms with van der Waals surface area (Å²) in [6.45, 7) is 5.56. The van der Waals surface area contributed by atoms with Gasteiger partial charge >= 0.3 is 0 Å². The van der Waals surface area contributed by atoms with Crippen molar-refractivity contribution in [3.05, 3.63) is 15.5 Å². The number of hydrogen-bond acceptors (Lipinski definition) is 4. The maximum atomic E-state index is 6.06. The second kappa shape index (κ2) is 6.85. The molecule has 1 saturated heterocycles. The first-order chi connectivity index (χ1) is 8.76. The smallest absolute Gasteiger partial charge is 0.113 e. The van der Waals surface area contributed by atoms with E-state index in [4.69, 9.17) is 11.6 Å². The van der Waals surface area contributed by atoms with Gasteiger partial charge in [-0.15, -0.1) is 11.3 Å². The summed E-state index contributed by atoms with van der Waals surface area (Å²) in [5, 5.41) is 4.52. The minimum Gasteiger partial charge on any atom is -0.319 e. The predicted molar refractivity (Wildman–Crippen MR) is 78.4 cm³/mol. The van der Waals surface area contributed by atoms with E-state index in [-0.39, 0.29) is 0 Å². The molecule has 2 atom stereocenters. The van der Waals surface area contributed by atoms with Crippen LogP contribution in [0.4, 0.5) is 0 Å². The Kier molecular flexibility index (Phi) is 5.42. The lowest BCUT2D eigenvalue weighted by Gasteiger charge is -2.32. The molecule has 0 aliphatic carbocycles. The molecule has 0 aromatic carbocycles. The van der Waals surface area contributed by atoms with Crippen LogP contribution in [0.3, 0.4) is 0 Å². The Hall–Kier alpha value is -0.160. The fourth-order valence-electron chi connectivity index (χ4n) is 2.91. The molecule has 1 aromatic rings. The van der Waals surface area contributed by atoms with Crippen molar-refractivity contribution in [3.63, 3.8) is 0 Å². The molecule has 0 saturated carbocycles. The molecule has 5 heteroatoms. The molecule has 0 bridgehead atoms. The number of rotatable bonds is 4. The summed E-state index contributed by atoms with van der Waals surface area (Å²) in [5.74, 6) is 0.639. The summed E-state index contributed by atoms with van der Waals surface area (Å²) in [5.41, 5.74) is 0. The van der Waals surface area contributed by atoms with Crippen LogP contribution < -0.4 is 5.32 Å². The lowest BCUT2D eigenvalue weighted by Crippen LogP contribution is -2.36. The second-order valence-corrected chi connectivity index (χ2v) is 6.58. The highest BCUT2D eigenvalue weighted by molar-refractivity contribution is 7.15. The fraction of sp³-hybridized carbons (Fsp3) is 0.769. The van der Waals surface area contributed by atoms with Crippen molar-refractivity contribution in [2.24, 2.45) is 5.92 Å². The summed E-state index contributed by atoms with van der Waals surface area (Å²) >= 11 is 7.70. The number of aromatic nitrogens is 1. The van der Waals surface area contributed by atoms with Gasteiger partial charge in [-0.2, -0.15) is 0 Å². The monoisotopic (exact) mass is 287 g/mol. The maximum absolute atomic E-state index is 6.06. The normalized spacial score (nSPS) is 26.2. The van der Waals surface area contributed by atoms with Crippen molar-refractivity contribution < 1.29 is 0 Å². The minimum absolute atomic E-state index is 0.433. The molecular weight excluding hydrogens is 266 g/mol. The molecule has 1 aromatic heterocycles. The van der Waals surface area contributed by atoms with E-state index >= 15 is 0 Å². The van der Waals surface area contributed by atoms with Gasteiger partial charge in [0, 0.05) is 0 Å². The Bertz CT molecular complexity index is 369. The SMILES string of the molecule is CCN1CCCCC(CNC)C1c1ncc(Cl)s1. The van der Waals surface area contributed by atoms with E-state index < -0.39 is 0 Å². The lowest BCUT2D eigenvalue weighted by molar-refractivity contribution is 0.162. The Balaban J connectivity index is 2.25. The minimum atomic E-state index is 0.433. The van der Waals surface area contributed by atoms with Gasteiger partial charge in [-0.05, 0) is 45.4 Å². The van der Waals surface area contributed by atoms with Crippen molar-refractivity contribution in [2.75, 3.05) is 26.7 Å². The molecule has 2 rings (SSSR count). The van der Waals surface area contributed by atoms with Crippen LogP contribution in [-0.4, -0.2) is 36.6 Å². The molecule has 18 heavy (non-hydrogen) atoms. The number of hydrogen-bond donors (Lipinski definition) is 1. The number of thiazole rings is 1. The summed E-state index contributed by atoms with van der Waals surface area (Å²) in [6.07, 6.45) is 5.68. The highest BCUT2D eigenvalue weighted by atomic mass is 35.5. The molecule has 1 N–H and O–H groups in total. The average molecular weight is 288 g/mol. The Labute approximate surface area is 119 Å². The summed E-state index contributed by atoms with van der Waals surface area (Å²) in [6, 6.07) is 0.433. The first kappa shape index (κ1) is 14.3. The van der Waals surface area contributed by atoms with Crippen molar-refractivity contribution >= 4 is 22.9 Å². The van der Waals surface area contributed by atoms with E-state index in [0.717, 1.165) is 17.4 Å². The molecule has 0 radical (unpaired) electrons. The first-order valence-corrected chi connectivity index (χ1v) is 7.95. The van der Waals surface area contributed by atoms with Crippen molar-refractivity contribution in [3.8, 4) is 0 Å². The lowest BCUT2D eigenvalue weighted by atomic mass is 9.95. The third-order valence-electron chi connectivity index (χ3n) is 3.73. The van der Waals surface area contributed by atoms with E-state index in [0.29, 0.717) is 12.0 Å². The van der Waals surface area contributed by atoms with E-state index in [1.165, 1.54) is 30.8 Å². The first-order valence-electron chi connectivity index (χ1n) is 6.76. The van der Waals surface area contributed by atoms with Crippen LogP contribution in [0.5, 0.6) is 0 Å². The number of halogens is 1. The molecule has 0 spiro atoms. The van der Waals surface area contributed by atoms with E-state index in [9.17, 15) is 0 Å². The molecule has 102 valence electrons. The summed E-state index contributed by atoms with van der Waals surface area (Å²) in [7, 11) is 2.03. The van der Waals surface area contributed by atoms with Gasteiger partial charge in [-0.1, -0.05) is 24.9 Å². The van der Waals surface area contributed by atoms with Crippen LogP contribution in [0.2, 0.25) is 4.34 Å². The van der Waals surface area contributed by atoms with Crippen LogP contribution >= 0.6 is 22.9 Å². The van der Waals surface area contributed by atoms with Crippen LogP contribution in [0.25, 0.3) is 0 Å². The predicted octanol–water partition coefficient (Wildman–Crippen LogP) is 3.18. The zero-order valence-electron chi connectivity index (χ0n) is 11.2. The molecule has 1 aliphatic heterocycles. The molecule has 3 nitrogen and oxygen atoms in total. The number of likely N-dealkylation sites (tertiary alicyclic amines) is 1. The van der Waals surface area contributed by atoms with Crippen molar-refractivity contribution in [1.82, 2.24) is 15.2 Å². The molecule has 2 unspecified atom stereocenters. The van der Waals surface area contributed by atoms with Crippen molar-refractivity contribution in [1.29, 1.82) is 0 Å². The largest absolute Gasteiger partial charge is 0.319 e. The zero-order chi connectivity index (χ0) is 13.0. The molecule has 1 fully saturated rings. The Morgan fingerprint density at radius 3 is 3.00 bits per heavy atom. The highest BCUT2D eigenvalue weighted by Crippen LogP contribution is 2.37. The number of nitrogens with zero attached hydrogens (tertiary/aromatic N) is 2. The third-order valence-corrected chi connectivity index (χ3v) is 4.92. The molecular formula is C13H22ClN3S. The van der Waals surface area contributed by atoms with Crippen LogP contribution in [0.15, 0.2) is 6.20 Å². The van der Waals surface area contributed by atoms with Gasteiger partial charge in [0.15, 0.2) is 0 Å². The second-order valence-electron chi connectivity index (χ2n) is 4.89. The quantitative estimate of drug-likeness (QED) is 0.922. The molecule has 1 aliphatic rings. The van der Waals surface area contributed by atoms with Gasteiger partial charge in [-0.3, -0.25) is 4.90 Å². The van der Waals surface area contributed by atoms with Crippen molar-refractivity contribution in [2.45, 2.75) is 32.2 Å². The topological polar surface area (TPSA) is 28.2 Å². The average Bonchev–Trinajstić information content (AvgIpc) is 2.68. The highest BCUT2D eigenvalue weighted by Gasteiger charge is 2.31. The van der Waals surface area contributed by atoms with Crippen LogP contribution in [0.1, 0.15) is 37.2 Å². The van der Waals surface area contributed by atoms with Crippen LogP contribution in [0, 0.1) is 5.92 Å². The van der Waals surface area contributed by atoms with Gasteiger partial charge < -0.3 is 5.32 Å². The zero-order valence-corrected chi connectivity index (χ0v) is 12.7. The maximum Gasteiger partial charge on any atom is 0.113 e. The Morgan fingerprint density at radius 1 is 1.56 bits per heavy atom. The Morgan fingerprint density at radius 2 is 2.39 bits per heavy atom. The van der Waals surface area contributed by atoms with Gasteiger partial charge in [-0.25, -0.2) is 4.98 Å². The third kappa shape index (κ3) is 3.23. The summed E-state index contributed by atoms with van der Waals surface area (Å²) < 4.78 is 0.800.